The summed E-state index contributed by atoms with van der Waals surface area (Å²) in [6.07, 6.45) is 0. The van der Waals surface area contributed by atoms with Gasteiger partial charge in [0.25, 0.3) is 5.56 Å². The predicted octanol–water partition coefficient (Wildman–Crippen LogP) is 1.28. The first-order valence-corrected chi connectivity index (χ1v) is 4.64. The topological polar surface area (TPSA) is 44.9 Å². The minimum absolute atomic E-state index is 0.0323. The van der Waals surface area contributed by atoms with E-state index in [1.54, 1.807) is 0 Å². The van der Waals surface area contributed by atoms with Gasteiger partial charge >= 0.3 is 0 Å². The maximum absolute atomic E-state index is 11.4. The van der Waals surface area contributed by atoms with Crippen molar-refractivity contribution in [2.75, 3.05) is 6.00 Å². The first-order valence-electron chi connectivity index (χ1n) is 4.11. The number of nitrogens with one attached hydrogen (secondary N) is 2. The van der Waals surface area contributed by atoms with Gasteiger partial charge in [0.1, 0.15) is 0 Å². The van der Waals surface area contributed by atoms with E-state index in [1.165, 1.54) is 0 Å². The summed E-state index contributed by atoms with van der Waals surface area (Å²) in [5.41, 5.74) is 2.61. The van der Waals surface area contributed by atoms with Crippen molar-refractivity contribution in [3.05, 3.63) is 33.2 Å². The molecular formula is C9H13ClN2O. The maximum Gasteiger partial charge on any atom is 0.252 e. The lowest BCUT2D eigenvalue weighted by Crippen LogP contribution is -2.22. The van der Waals surface area contributed by atoms with Crippen molar-refractivity contribution >= 4 is 11.6 Å². The van der Waals surface area contributed by atoms with E-state index in [-0.39, 0.29) is 5.56 Å². The second-order valence-corrected chi connectivity index (χ2v) is 3.27. The average Bonchev–Trinajstić information content (AvgIpc) is 2.02. The molecule has 0 atom stereocenters. The Kier molecular flexibility index (Phi) is 3.51. The van der Waals surface area contributed by atoms with Crippen LogP contribution in [0, 0.1) is 13.8 Å². The van der Waals surface area contributed by atoms with Crippen LogP contribution >= 0.6 is 11.6 Å². The molecule has 1 aromatic rings. The van der Waals surface area contributed by atoms with Gasteiger partial charge in [0.15, 0.2) is 0 Å². The van der Waals surface area contributed by atoms with Crippen LogP contribution in [-0.2, 0) is 6.54 Å². The summed E-state index contributed by atoms with van der Waals surface area (Å²) in [6, 6.07) is 2.30. The molecule has 0 saturated heterocycles. The Morgan fingerprint density at radius 2 is 2.23 bits per heavy atom. The predicted molar refractivity (Wildman–Crippen MR) is 54.1 cm³/mol. The van der Waals surface area contributed by atoms with Crippen molar-refractivity contribution in [1.82, 2.24) is 10.3 Å². The van der Waals surface area contributed by atoms with Gasteiger partial charge in [-0.05, 0) is 25.5 Å². The SMILES string of the molecule is Cc1cc(C)c(CNCCl)c(=O)[nH]1. The van der Waals surface area contributed by atoms with Crippen LogP contribution in [0.2, 0.25) is 0 Å². The number of hydrogen-bond donors (Lipinski definition) is 2. The summed E-state index contributed by atoms with van der Waals surface area (Å²) < 4.78 is 0. The van der Waals surface area contributed by atoms with Gasteiger partial charge in [0.05, 0.1) is 6.00 Å². The molecule has 0 aliphatic rings. The average molecular weight is 201 g/mol. The number of aromatic nitrogens is 1. The molecule has 0 amide bonds. The van der Waals surface area contributed by atoms with Crippen LogP contribution in [0.25, 0.3) is 0 Å². The number of hydrogen-bond acceptors (Lipinski definition) is 2. The van der Waals surface area contributed by atoms with Gasteiger partial charge in [-0.15, -0.1) is 11.6 Å². The van der Waals surface area contributed by atoms with E-state index in [4.69, 9.17) is 11.6 Å². The molecule has 72 valence electrons. The van der Waals surface area contributed by atoms with Gasteiger partial charge < -0.3 is 4.98 Å². The molecule has 13 heavy (non-hydrogen) atoms. The van der Waals surface area contributed by atoms with Gasteiger partial charge in [-0.25, -0.2) is 0 Å². The Balaban J connectivity index is 2.99. The molecule has 0 unspecified atom stereocenters. The summed E-state index contributed by atoms with van der Waals surface area (Å²) in [5.74, 6) is 0. The fourth-order valence-electron chi connectivity index (χ4n) is 1.27. The quantitative estimate of drug-likeness (QED) is 0.570. The molecule has 0 aromatic carbocycles. The van der Waals surface area contributed by atoms with Crippen molar-refractivity contribution in [2.24, 2.45) is 0 Å². The van der Waals surface area contributed by atoms with Crippen LogP contribution in [-0.4, -0.2) is 11.0 Å². The van der Waals surface area contributed by atoms with E-state index in [1.807, 2.05) is 19.9 Å². The second kappa shape index (κ2) is 4.44. The first-order chi connectivity index (χ1) is 6.15. The lowest BCUT2D eigenvalue weighted by Gasteiger charge is -2.05. The van der Waals surface area contributed by atoms with Crippen molar-refractivity contribution in [3.63, 3.8) is 0 Å². The Hall–Kier alpha value is -0.800. The van der Waals surface area contributed by atoms with Gasteiger partial charge in [0.2, 0.25) is 0 Å². The fraction of sp³-hybridized carbons (Fsp3) is 0.444. The van der Waals surface area contributed by atoms with Crippen LogP contribution < -0.4 is 10.9 Å². The van der Waals surface area contributed by atoms with Gasteiger partial charge in [-0.2, -0.15) is 0 Å². The fourth-order valence-corrected chi connectivity index (χ4v) is 1.37. The molecule has 0 saturated carbocycles. The van der Waals surface area contributed by atoms with Crippen LogP contribution in [0.5, 0.6) is 0 Å². The molecule has 0 spiro atoms. The molecule has 0 aliphatic heterocycles. The Bertz CT molecular complexity index is 346. The van der Waals surface area contributed by atoms with Crippen LogP contribution in [0.15, 0.2) is 10.9 Å². The third-order valence-corrected chi connectivity index (χ3v) is 2.08. The number of alkyl halides is 1. The van der Waals surface area contributed by atoms with Crippen molar-refractivity contribution in [2.45, 2.75) is 20.4 Å². The number of pyridine rings is 1. The summed E-state index contributed by atoms with van der Waals surface area (Å²) in [6.45, 7) is 4.31. The van der Waals surface area contributed by atoms with Gasteiger partial charge in [-0.3, -0.25) is 10.1 Å². The van der Waals surface area contributed by atoms with Crippen LogP contribution in [0.3, 0.4) is 0 Å². The third kappa shape index (κ3) is 2.57. The van der Waals surface area contributed by atoms with Crippen molar-refractivity contribution < 1.29 is 0 Å². The zero-order valence-corrected chi connectivity index (χ0v) is 8.53. The monoisotopic (exact) mass is 200 g/mol. The Morgan fingerprint density at radius 1 is 1.54 bits per heavy atom. The smallest absolute Gasteiger partial charge is 0.252 e. The normalized spacial score (nSPS) is 10.4. The lowest BCUT2D eigenvalue weighted by molar-refractivity contribution is 0.773. The highest BCUT2D eigenvalue weighted by atomic mass is 35.5. The highest BCUT2D eigenvalue weighted by molar-refractivity contribution is 6.17. The van der Waals surface area contributed by atoms with Gasteiger partial charge in [-0.1, -0.05) is 0 Å². The maximum atomic E-state index is 11.4. The van der Waals surface area contributed by atoms with E-state index < -0.39 is 0 Å². The molecule has 1 aromatic heterocycles. The van der Waals surface area contributed by atoms with Crippen LogP contribution in [0.4, 0.5) is 0 Å². The zero-order chi connectivity index (χ0) is 9.84. The minimum atomic E-state index is -0.0323. The highest BCUT2D eigenvalue weighted by Crippen LogP contribution is 2.02. The van der Waals surface area contributed by atoms with E-state index in [0.29, 0.717) is 12.5 Å². The molecule has 1 heterocycles. The summed E-state index contributed by atoms with van der Waals surface area (Å²) >= 11 is 5.46. The molecule has 0 bridgehead atoms. The Morgan fingerprint density at radius 3 is 2.77 bits per heavy atom. The zero-order valence-electron chi connectivity index (χ0n) is 7.78. The number of H-pyrrole nitrogens is 1. The van der Waals surface area contributed by atoms with E-state index >= 15 is 0 Å². The Labute approximate surface area is 82.1 Å². The molecule has 0 fully saturated rings. The number of rotatable bonds is 3. The number of halogens is 1. The summed E-state index contributed by atoms with van der Waals surface area (Å²) in [5, 5.41) is 2.91. The summed E-state index contributed by atoms with van der Waals surface area (Å²) in [7, 11) is 0. The third-order valence-electron chi connectivity index (χ3n) is 1.89. The second-order valence-electron chi connectivity index (χ2n) is 3.00. The minimum Gasteiger partial charge on any atom is -0.326 e. The van der Waals surface area contributed by atoms with E-state index in [0.717, 1.165) is 16.8 Å². The number of aryl methyl sites for hydroxylation is 2. The standard InChI is InChI=1S/C9H13ClN2O/c1-6-3-7(2)12-9(13)8(6)4-11-5-10/h3,11H,4-5H2,1-2H3,(H,12,13). The van der Waals surface area contributed by atoms with Crippen molar-refractivity contribution in [1.29, 1.82) is 0 Å². The van der Waals surface area contributed by atoms with E-state index in [9.17, 15) is 4.79 Å². The highest BCUT2D eigenvalue weighted by Gasteiger charge is 2.03. The lowest BCUT2D eigenvalue weighted by atomic mass is 10.1. The molecular weight excluding hydrogens is 188 g/mol. The van der Waals surface area contributed by atoms with Gasteiger partial charge in [0, 0.05) is 17.8 Å². The number of aromatic amines is 1. The molecule has 3 nitrogen and oxygen atoms in total. The molecule has 2 N–H and O–H groups in total. The molecule has 0 aliphatic carbocycles. The largest absolute Gasteiger partial charge is 0.326 e. The van der Waals surface area contributed by atoms with Crippen LogP contribution in [0.1, 0.15) is 16.8 Å². The molecule has 0 radical (unpaired) electrons. The van der Waals surface area contributed by atoms with Crippen molar-refractivity contribution in [3.8, 4) is 0 Å². The summed E-state index contributed by atoms with van der Waals surface area (Å²) in [4.78, 5) is 14.2. The van der Waals surface area contributed by atoms with E-state index in [2.05, 4.69) is 10.3 Å². The first kappa shape index (κ1) is 10.3. The molecule has 1 rings (SSSR count). The molecule has 4 heteroatoms.